The molecular formula is C19H21FN2O3. The van der Waals surface area contributed by atoms with Gasteiger partial charge in [-0.05, 0) is 49.2 Å². The Bertz CT molecular complexity index is 730. The third kappa shape index (κ3) is 6.35. The molecule has 25 heavy (non-hydrogen) atoms. The van der Waals surface area contributed by atoms with Crippen LogP contribution in [-0.2, 0) is 4.79 Å². The molecule has 1 amide bonds. The largest absolute Gasteiger partial charge is 0.491 e. The van der Waals surface area contributed by atoms with Gasteiger partial charge in [-0.25, -0.2) is 4.39 Å². The number of rotatable bonds is 7. The Morgan fingerprint density at radius 2 is 2.04 bits per heavy atom. The summed E-state index contributed by atoms with van der Waals surface area (Å²) in [5, 5.41) is 12.7. The van der Waals surface area contributed by atoms with Crippen LogP contribution in [0.1, 0.15) is 31.1 Å². The molecule has 0 saturated heterocycles. The molecule has 0 aliphatic carbocycles. The zero-order valence-corrected chi connectivity index (χ0v) is 14.1. The van der Waals surface area contributed by atoms with E-state index in [2.05, 4.69) is 10.3 Å². The number of carbonyl (C=O) groups excluding carboxylic acids is 1. The molecule has 5 nitrogen and oxygen atoms in total. The fourth-order valence-electron chi connectivity index (χ4n) is 2.11. The number of aliphatic hydroxyl groups excluding tert-OH is 1. The van der Waals surface area contributed by atoms with Crippen molar-refractivity contribution >= 4 is 12.0 Å². The lowest BCUT2D eigenvalue weighted by Gasteiger charge is -2.13. The molecule has 0 radical (unpaired) electrons. The third-order valence-electron chi connectivity index (χ3n) is 3.26. The van der Waals surface area contributed by atoms with Gasteiger partial charge in [0.25, 0.3) is 0 Å². The second-order valence-electron chi connectivity index (χ2n) is 5.77. The summed E-state index contributed by atoms with van der Waals surface area (Å²) in [5.74, 6) is -0.132. The van der Waals surface area contributed by atoms with Crippen molar-refractivity contribution in [3.63, 3.8) is 0 Å². The maximum Gasteiger partial charge on any atom is 0.244 e. The number of pyridine rings is 1. The normalized spacial score (nSPS) is 12.4. The minimum atomic E-state index is -0.832. The summed E-state index contributed by atoms with van der Waals surface area (Å²) in [6, 6.07) is 8.33. The predicted octanol–water partition coefficient (Wildman–Crippen LogP) is 2.87. The topological polar surface area (TPSA) is 71.5 Å². The van der Waals surface area contributed by atoms with Crippen molar-refractivity contribution < 1.29 is 19.0 Å². The second kappa shape index (κ2) is 8.94. The number of nitrogens with zero attached hydrogens (tertiary/aromatic N) is 1. The highest BCUT2D eigenvalue weighted by molar-refractivity contribution is 5.91. The molecule has 0 bridgehead atoms. The Morgan fingerprint density at radius 1 is 1.32 bits per heavy atom. The summed E-state index contributed by atoms with van der Waals surface area (Å²) >= 11 is 0. The van der Waals surface area contributed by atoms with E-state index in [4.69, 9.17) is 4.74 Å². The van der Waals surface area contributed by atoms with E-state index in [0.29, 0.717) is 11.1 Å². The molecule has 132 valence electrons. The minimum Gasteiger partial charge on any atom is -0.491 e. The molecule has 2 rings (SSSR count). The van der Waals surface area contributed by atoms with Crippen LogP contribution in [0.15, 0.2) is 48.8 Å². The molecular weight excluding hydrogens is 323 g/mol. The lowest BCUT2D eigenvalue weighted by Crippen LogP contribution is -2.26. The molecule has 1 aromatic carbocycles. The molecule has 1 heterocycles. The fraction of sp³-hybridized carbons (Fsp3) is 0.263. The van der Waals surface area contributed by atoms with E-state index < -0.39 is 11.9 Å². The Hall–Kier alpha value is -2.73. The van der Waals surface area contributed by atoms with Crippen LogP contribution in [0.3, 0.4) is 0 Å². The van der Waals surface area contributed by atoms with Crippen LogP contribution in [0.25, 0.3) is 6.08 Å². The lowest BCUT2D eigenvalue weighted by atomic mass is 10.1. The molecule has 1 unspecified atom stereocenters. The first-order valence-electron chi connectivity index (χ1n) is 7.95. The van der Waals surface area contributed by atoms with Crippen molar-refractivity contribution in [2.24, 2.45) is 0 Å². The van der Waals surface area contributed by atoms with Gasteiger partial charge in [-0.15, -0.1) is 0 Å². The third-order valence-corrected chi connectivity index (χ3v) is 3.26. The summed E-state index contributed by atoms with van der Waals surface area (Å²) in [4.78, 5) is 15.5. The Morgan fingerprint density at radius 3 is 2.68 bits per heavy atom. The maximum absolute atomic E-state index is 13.0. The van der Waals surface area contributed by atoms with Crippen molar-refractivity contribution in [2.45, 2.75) is 26.1 Å². The van der Waals surface area contributed by atoms with E-state index in [1.165, 1.54) is 24.4 Å². The van der Waals surface area contributed by atoms with Gasteiger partial charge in [0.1, 0.15) is 11.6 Å². The molecule has 6 heteroatoms. The Labute approximate surface area is 146 Å². The quantitative estimate of drug-likeness (QED) is 0.758. The van der Waals surface area contributed by atoms with Crippen molar-refractivity contribution in [2.75, 3.05) is 6.54 Å². The van der Waals surface area contributed by atoms with E-state index in [9.17, 15) is 14.3 Å². The van der Waals surface area contributed by atoms with Crippen LogP contribution in [0, 0.1) is 5.82 Å². The van der Waals surface area contributed by atoms with Gasteiger partial charge < -0.3 is 15.2 Å². The van der Waals surface area contributed by atoms with Crippen LogP contribution in [0.5, 0.6) is 5.75 Å². The van der Waals surface area contributed by atoms with Gasteiger partial charge in [-0.3, -0.25) is 9.78 Å². The van der Waals surface area contributed by atoms with E-state index in [-0.39, 0.29) is 18.6 Å². The fourth-order valence-corrected chi connectivity index (χ4v) is 2.11. The second-order valence-corrected chi connectivity index (χ2v) is 5.77. The molecule has 0 saturated carbocycles. The molecule has 0 spiro atoms. The van der Waals surface area contributed by atoms with Crippen LogP contribution in [-0.4, -0.2) is 28.6 Å². The summed E-state index contributed by atoms with van der Waals surface area (Å²) in [7, 11) is 0. The summed E-state index contributed by atoms with van der Waals surface area (Å²) < 4.78 is 18.5. The number of halogens is 1. The Balaban J connectivity index is 1.84. The standard InChI is InChI=1S/C19H21FN2O3/c1-13(2)25-17-6-4-15(5-7-17)18(23)12-22-19(24)8-3-14-9-16(20)11-21-10-14/h3-11,13,18,23H,12H2,1-2H3,(H,22,24)/b8-3+. The van der Waals surface area contributed by atoms with Crippen molar-refractivity contribution in [1.29, 1.82) is 0 Å². The number of amides is 1. The average Bonchev–Trinajstić information content (AvgIpc) is 2.58. The van der Waals surface area contributed by atoms with Gasteiger partial charge in [0.2, 0.25) is 5.91 Å². The van der Waals surface area contributed by atoms with Crippen molar-refractivity contribution in [3.05, 3.63) is 65.7 Å². The van der Waals surface area contributed by atoms with Crippen LogP contribution in [0.2, 0.25) is 0 Å². The Kier molecular flexibility index (Phi) is 6.65. The van der Waals surface area contributed by atoms with E-state index in [0.717, 1.165) is 11.9 Å². The number of nitrogens with one attached hydrogen (secondary N) is 1. The number of aromatic nitrogens is 1. The minimum absolute atomic E-state index is 0.0644. The molecule has 0 fully saturated rings. The average molecular weight is 344 g/mol. The van der Waals surface area contributed by atoms with Gasteiger partial charge in [-0.1, -0.05) is 12.1 Å². The van der Waals surface area contributed by atoms with Crippen LogP contribution < -0.4 is 10.1 Å². The first-order chi connectivity index (χ1) is 11.9. The van der Waals surface area contributed by atoms with Crippen LogP contribution in [0.4, 0.5) is 4.39 Å². The number of aliphatic hydroxyl groups is 1. The van der Waals surface area contributed by atoms with Gasteiger partial charge in [-0.2, -0.15) is 0 Å². The van der Waals surface area contributed by atoms with E-state index >= 15 is 0 Å². The van der Waals surface area contributed by atoms with Gasteiger partial charge in [0.15, 0.2) is 0 Å². The highest BCUT2D eigenvalue weighted by Crippen LogP contribution is 2.18. The van der Waals surface area contributed by atoms with Crippen LogP contribution >= 0.6 is 0 Å². The summed E-state index contributed by atoms with van der Waals surface area (Å²) in [6.07, 6.45) is 4.50. The molecule has 2 aromatic rings. The first kappa shape index (κ1) is 18.6. The SMILES string of the molecule is CC(C)Oc1ccc(C(O)CNC(=O)/C=C/c2cncc(F)c2)cc1. The van der Waals surface area contributed by atoms with E-state index in [1.807, 2.05) is 13.8 Å². The highest BCUT2D eigenvalue weighted by Gasteiger charge is 2.09. The van der Waals surface area contributed by atoms with Gasteiger partial charge >= 0.3 is 0 Å². The number of hydrogen-bond acceptors (Lipinski definition) is 4. The van der Waals surface area contributed by atoms with Gasteiger partial charge in [0.05, 0.1) is 18.4 Å². The summed E-state index contributed by atoms with van der Waals surface area (Å²) in [6.45, 7) is 3.94. The predicted molar refractivity (Wildman–Crippen MR) is 93.4 cm³/mol. The molecule has 2 N–H and O–H groups in total. The zero-order chi connectivity index (χ0) is 18.2. The number of benzene rings is 1. The smallest absolute Gasteiger partial charge is 0.244 e. The zero-order valence-electron chi connectivity index (χ0n) is 14.1. The molecule has 1 aromatic heterocycles. The molecule has 1 atom stereocenters. The highest BCUT2D eigenvalue weighted by atomic mass is 19.1. The van der Waals surface area contributed by atoms with Gasteiger partial charge in [0, 0.05) is 18.8 Å². The monoisotopic (exact) mass is 344 g/mol. The first-order valence-corrected chi connectivity index (χ1v) is 7.95. The number of hydrogen-bond donors (Lipinski definition) is 2. The van der Waals surface area contributed by atoms with Crippen molar-refractivity contribution in [3.8, 4) is 5.75 Å². The summed E-state index contributed by atoms with van der Waals surface area (Å²) in [5.41, 5.74) is 1.16. The molecule has 0 aliphatic rings. The number of carbonyl (C=O) groups is 1. The van der Waals surface area contributed by atoms with E-state index in [1.54, 1.807) is 24.3 Å². The van der Waals surface area contributed by atoms with Crippen molar-refractivity contribution in [1.82, 2.24) is 10.3 Å². The lowest BCUT2D eigenvalue weighted by molar-refractivity contribution is -0.116. The number of ether oxygens (including phenoxy) is 1. The maximum atomic E-state index is 13.0. The molecule has 0 aliphatic heterocycles.